The molecule has 0 heterocycles. The van der Waals surface area contributed by atoms with E-state index in [9.17, 15) is 9.59 Å². The predicted octanol–water partition coefficient (Wildman–Crippen LogP) is 3.86. The van der Waals surface area contributed by atoms with Crippen molar-refractivity contribution in [1.82, 2.24) is 0 Å². The van der Waals surface area contributed by atoms with Crippen LogP contribution in [0.25, 0.3) is 0 Å². The molecule has 4 nitrogen and oxygen atoms in total. The number of hydrogen-bond acceptors (Lipinski definition) is 4. The Labute approximate surface area is 136 Å². The van der Waals surface area contributed by atoms with Crippen molar-refractivity contribution in [3.8, 4) is 0 Å². The van der Waals surface area contributed by atoms with Gasteiger partial charge in [-0.1, -0.05) is 19.3 Å². The zero-order valence-electron chi connectivity index (χ0n) is 13.0. The largest absolute Gasteiger partial charge is 0.465 e. The second-order valence-corrected chi connectivity index (χ2v) is 6.49. The first kappa shape index (κ1) is 16.9. The fraction of sp³-hybridized carbons (Fsp3) is 0.529. The van der Waals surface area contributed by atoms with Crippen LogP contribution in [0.3, 0.4) is 0 Å². The third kappa shape index (κ3) is 5.37. The summed E-state index contributed by atoms with van der Waals surface area (Å²) in [6, 6.07) is 7.60. The first-order valence-corrected chi connectivity index (χ1v) is 8.87. The smallest absolute Gasteiger partial charge is 0.316 e. The molecule has 22 heavy (non-hydrogen) atoms. The Bertz CT molecular complexity index is 495. The van der Waals surface area contributed by atoms with Crippen LogP contribution in [0, 0.1) is 5.92 Å². The van der Waals surface area contributed by atoms with Crippen molar-refractivity contribution in [3.05, 3.63) is 24.3 Å². The average molecular weight is 321 g/mol. The van der Waals surface area contributed by atoms with Crippen molar-refractivity contribution in [2.45, 2.75) is 43.9 Å². The topological polar surface area (TPSA) is 55.4 Å². The lowest BCUT2D eigenvalue weighted by Crippen LogP contribution is -2.24. The van der Waals surface area contributed by atoms with Gasteiger partial charge in [-0.2, -0.15) is 0 Å². The number of thioether (sulfide) groups is 1. The van der Waals surface area contributed by atoms with Crippen LogP contribution in [0.2, 0.25) is 0 Å². The number of carbonyl (C=O) groups is 2. The molecular weight excluding hydrogens is 298 g/mol. The van der Waals surface area contributed by atoms with Crippen LogP contribution < -0.4 is 5.32 Å². The van der Waals surface area contributed by atoms with Gasteiger partial charge >= 0.3 is 5.97 Å². The lowest BCUT2D eigenvalue weighted by molar-refractivity contribution is -0.139. The highest BCUT2D eigenvalue weighted by Gasteiger charge is 2.20. The molecule has 0 aliphatic heterocycles. The first-order valence-electron chi connectivity index (χ1n) is 7.88. The third-order valence-corrected chi connectivity index (χ3v) is 4.75. The van der Waals surface area contributed by atoms with Gasteiger partial charge in [-0.3, -0.25) is 9.59 Å². The quantitative estimate of drug-likeness (QED) is 0.638. The first-order chi connectivity index (χ1) is 10.7. The lowest BCUT2D eigenvalue weighted by Gasteiger charge is -2.20. The maximum absolute atomic E-state index is 12.2. The van der Waals surface area contributed by atoms with Crippen LogP contribution in [-0.2, 0) is 14.3 Å². The Balaban J connectivity index is 1.81. The molecule has 1 amide bonds. The molecule has 0 aromatic heterocycles. The normalized spacial score (nSPS) is 15.3. The molecule has 0 unspecified atom stereocenters. The maximum Gasteiger partial charge on any atom is 0.316 e. The number of anilines is 1. The summed E-state index contributed by atoms with van der Waals surface area (Å²) in [5, 5.41) is 2.98. The molecule has 5 heteroatoms. The van der Waals surface area contributed by atoms with Crippen molar-refractivity contribution >= 4 is 29.3 Å². The summed E-state index contributed by atoms with van der Waals surface area (Å²) < 4.78 is 4.89. The minimum absolute atomic E-state index is 0.131. The second-order valence-electron chi connectivity index (χ2n) is 5.44. The van der Waals surface area contributed by atoms with Gasteiger partial charge in [-0.05, 0) is 44.0 Å². The number of carbonyl (C=O) groups excluding carboxylic acids is 2. The van der Waals surface area contributed by atoms with Crippen molar-refractivity contribution in [2.24, 2.45) is 5.92 Å². The standard InChI is InChI=1S/C17H23NO3S/c1-2-21-16(19)12-22-15-10-8-14(9-11-15)18-17(20)13-6-4-3-5-7-13/h8-11,13H,2-7,12H2,1H3,(H,18,20). The molecule has 1 saturated carbocycles. The summed E-state index contributed by atoms with van der Waals surface area (Å²) in [6.07, 6.45) is 5.55. The van der Waals surface area contributed by atoms with E-state index in [1.807, 2.05) is 24.3 Å². The van der Waals surface area contributed by atoms with E-state index in [2.05, 4.69) is 5.32 Å². The number of nitrogens with one attached hydrogen (secondary N) is 1. The molecule has 0 saturated heterocycles. The fourth-order valence-corrected chi connectivity index (χ4v) is 3.28. The molecule has 0 bridgehead atoms. The summed E-state index contributed by atoms with van der Waals surface area (Å²) in [4.78, 5) is 24.5. The average Bonchev–Trinajstić information content (AvgIpc) is 2.55. The predicted molar refractivity (Wildman–Crippen MR) is 89.0 cm³/mol. The molecule has 1 N–H and O–H groups in total. The van der Waals surface area contributed by atoms with Gasteiger partial charge < -0.3 is 10.1 Å². The highest BCUT2D eigenvalue weighted by Crippen LogP contribution is 2.26. The highest BCUT2D eigenvalue weighted by atomic mass is 32.2. The monoisotopic (exact) mass is 321 g/mol. The molecule has 1 aliphatic rings. The van der Waals surface area contributed by atoms with E-state index in [1.54, 1.807) is 6.92 Å². The molecule has 1 aromatic carbocycles. The third-order valence-electron chi connectivity index (χ3n) is 3.76. The second kappa shape index (κ2) is 8.83. The minimum Gasteiger partial charge on any atom is -0.465 e. The maximum atomic E-state index is 12.2. The Morgan fingerprint density at radius 2 is 1.86 bits per heavy atom. The zero-order valence-corrected chi connectivity index (χ0v) is 13.8. The zero-order chi connectivity index (χ0) is 15.8. The molecule has 0 spiro atoms. The van der Waals surface area contributed by atoms with Crippen molar-refractivity contribution < 1.29 is 14.3 Å². The molecule has 120 valence electrons. The van der Waals surface area contributed by atoms with Gasteiger partial charge in [0.15, 0.2) is 0 Å². The van der Waals surface area contributed by atoms with Crippen LogP contribution in [0.1, 0.15) is 39.0 Å². The van der Waals surface area contributed by atoms with E-state index in [-0.39, 0.29) is 17.8 Å². The Morgan fingerprint density at radius 1 is 1.18 bits per heavy atom. The fourth-order valence-electron chi connectivity index (χ4n) is 2.59. The van der Waals surface area contributed by atoms with E-state index >= 15 is 0 Å². The number of rotatable bonds is 6. The Morgan fingerprint density at radius 3 is 2.50 bits per heavy atom. The molecule has 1 aliphatic carbocycles. The number of benzene rings is 1. The number of ether oxygens (including phenoxy) is 1. The van der Waals surface area contributed by atoms with Crippen LogP contribution in [-0.4, -0.2) is 24.2 Å². The number of amides is 1. The highest BCUT2D eigenvalue weighted by molar-refractivity contribution is 8.00. The van der Waals surface area contributed by atoms with E-state index in [0.717, 1.165) is 36.3 Å². The summed E-state index contributed by atoms with van der Waals surface area (Å²) in [5.74, 6) is 0.391. The molecule has 1 aromatic rings. The van der Waals surface area contributed by atoms with Gasteiger partial charge in [-0.25, -0.2) is 0 Å². The van der Waals surface area contributed by atoms with Gasteiger partial charge in [0.1, 0.15) is 0 Å². The lowest BCUT2D eigenvalue weighted by atomic mass is 9.88. The summed E-state index contributed by atoms with van der Waals surface area (Å²) in [5.41, 5.74) is 0.816. The van der Waals surface area contributed by atoms with E-state index in [1.165, 1.54) is 18.2 Å². The van der Waals surface area contributed by atoms with Crippen molar-refractivity contribution in [3.63, 3.8) is 0 Å². The molecular formula is C17H23NO3S. The van der Waals surface area contributed by atoms with Crippen LogP contribution in [0.4, 0.5) is 5.69 Å². The summed E-state index contributed by atoms with van der Waals surface area (Å²) >= 11 is 1.44. The van der Waals surface area contributed by atoms with Gasteiger partial charge in [0.05, 0.1) is 12.4 Å². The summed E-state index contributed by atoms with van der Waals surface area (Å²) in [6.45, 7) is 2.21. The van der Waals surface area contributed by atoms with E-state index in [4.69, 9.17) is 4.74 Å². The molecule has 0 radical (unpaired) electrons. The van der Waals surface area contributed by atoms with E-state index in [0.29, 0.717) is 12.4 Å². The van der Waals surface area contributed by atoms with E-state index < -0.39 is 0 Å². The van der Waals surface area contributed by atoms with Crippen LogP contribution in [0.15, 0.2) is 29.2 Å². The van der Waals surface area contributed by atoms with Crippen LogP contribution in [0.5, 0.6) is 0 Å². The number of hydrogen-bond donors (Lipinski definition) is 1. The molecule has 2 rings (SSSR count). The van der Waals surface area contributed by atoms with Crippen molar-refractivity contribution in [2.75, 3.05) is 17.7 Å². The SMILES string of the molecule is CCOC(=O)CSc1ccc(NC(=O)C2CCCCC2)cc1. The molecule has 1 fully saturated rings. The summed E-state index contributed by atoms with van der Waals surface area (Å²) in [7, 11) is 0. The Kier molecular flexibility index (Phi) is 6.77. The van der Waals surface area contributed by atoms with Crippen molar-refractivity contribution in [1.29, 1.82) is 0 Å². The molecule has 0 atom stereocenters. The van der Waals surface area contributed by atoms with Gasteiger partial charge in [0.2, 0.25) is 5.91 Å². The van der Waals surface area contributed by atoms with Gasteiger partial charge in [0, 0.05) is 16.5 Å². The number of esters is 1. The van der Waals surface area contributed by atoms with Crippen LogP contribution >= 0.6 is 11.8 Å². The van der Waals surface area contributed by atoms with Gasteiger partial charge in [0.25, 0.3) is 0 Å². The minimum atomic E-state index is -0.206. The Hall–Kier alpha value is -1.49. The van der Waals surface area contributed by atoms with Gasteiger partial charge in [-0.15, -0.1) is 11.8 Å².